The largest absolute Gasteiger partial charge is 0.444 e. The van der Waals surface area contributed by atoms with Crippen LogP contribution in [0.4, 0.5) is 16.2 Å². The van der Waals surface area contributed by atoms with Gasteiger partial charge in [-0.3, -0.25) is 9.59 Å². The molecule has 0 bridgehead atoms. The van der Waals surface area contributed by atoms with Gasteiger partial charge >= 0.3 is 6.09 Å². The van der Waals surface area contributed by atoms with E-state index in [2.05, 4.69) is 16.0 Å². The van der Waals surface area contributed by atoms with E-state index in [-0.39, 0.29) is 17.7 Å². The van der Waals surface area contributed by atoms with E-state index < -0.39 is 17.7 Å². The predicted molar refractivity (Wildman–Crippen MR) is 102 cm³/mol. The number of nitrogens with one attached hydrogen (secondary N) is 3. The number of ether oxygens (including phenoxy) is 1. The van der Waals surface area contributed by atoms with Gasteiger partial charge in [0.25, 0.3) is 0 Å². The van der Waals surface area contributed by atoms with Crippen LogP contribution in [0, 0.1) is 5.92 Å². The third-order valence-corrected chi connectivity index (χ3v) is 3.62. The fourth-order valence-corrected chi connectivity index (χ4v) is 2.23. The van der Waals surface area contributed by atoms with E-state index in [0.29, 0.717) is 17.8 Å². The predicted octanol–water partition coefficient (Wildman–Crippen LogP) is 3.52. The maximum absolute atomic E-state index is 12.7. The van der Waals surface area contributed by atoms with Gasteiger partial charge < -0.3 is 20.7 Å². The topological polar surface area (TPSA) is 96.5 Å². The van der Waals surface area contributed by atoms with Crippen molar-refractivity contribution in [1.82, 2.24) is 5.32 Å². The molecule has 3 amide bonds. The third kappa shape index (κ3) is 7.55. The Labute approximate surface area is 154 Å². The summed E-state index contributed by atoms with van der Waals surface area (Å²) in [4.78, 5) is 35.9. The van der Waals surface area contributed by atoms with Crippen LogP contribution in [0.3, 0.4) is 0 Å². The number of benzene rings is 1. The molecule has 2 atom stereocenters. The molecule has 0 radical (unpaired) electrons. The van der Waals surface area contributed by atoms with Crippen molar-refractivity contribution in [3.05, 3.63) is 24.3 Å². The van der Waals surface area contributed by atoms with Crippen molar-refractivity contribution < 1.29 is 19.1 Å². The van der Waals surface area contributed by atoms with E-state index in [1.807, 2.05) is 13.8 Å². The van der Waals surface area contributed by atoms with Crippen molar-refractivity contribution in [3.8, 4) is 0 Å². The Hall–Kier alpha value is -2.57. The standard InChI is InChI=1S/C19H29N3O4/c1-7-12(2)16(22-18(25)26-19(4,5)6)17(24)21-15-10-8-9-14(11-15)20-13(3)23/h8-12,16H,7H2,1-6H3,(H,20,23)(H,21,24)(H,22,25). The second-order valence-electron chi connectivity index (χ2n) is 7.26. The number of anilines is 2. The highest BCUT2D eigenvalue weighted by atomic mass is 16.6. The summed E-state index contributed by atoms with van der Waals surface area (Å²) < 4.78 is 5.25. The Bertz CT molecular complexity index is 652. The molecule has 0 saturated carbocycles. The summed E-state index contributed by atoms with van der Waals surface area (Å²) in [5.41, 5.74) is 0.462. The molecule has 0 saturated heterocycles. The highest BCUT2D eigenvalue weighted by Crippen LogP contribution is 2.17. The van der Waals surface area contributed by atoms with Gasteiger partial charge in [0.05, 0.1) is 0 Å². The minimum atomic E-state index is -0.737. The normalized spacial score (nSPS) is 13.3. The highest BCUT2D eigenvalue weighted by molar-refractivity contribution is 5.97. The molecular formula is C19H29N3O4. The maximum Gasteiger partial charge on any atom is 0.408 e. The molecule has 1 aromatic carbocycles. The van der Waals surface area contributed by atoms with Crippen molar-refractivity contribution in [2.24, 2.45) is 5.92 Å². The summed E-state index contributed by atoms with van der Waals surface area (Å²) in [5.74, 6) is -0.621. The molecule has 0 aliphatic carbocycles. The fourth-order valence-electron chi connectivity index (χ4n) is 2.23. The number of hydrogen-bond acceptors (Lipinski definition) is 4. The number of hydrogen-bond donors (Lipinski definition) is 3. The number of amides is 3. The van der Waals surface area contributed by atoms with Crippen LogP contribution in [0.2, 0.25) is 0 Å². The van der Waals surface area contributed by atoms with Crippen LogP contribution in [-0.2, 0) is 14.3 Å². The molecule has 0 aliphatic heterocycles. The van der Waals surface area contributed by atoms with Crippen LogP contribution in [0.15, 0.2) is 24.3 Å². The lowest BCUT2D eigenvalue weighted by atomic mass is 9.98. The first-order valence-corrected chi connectivity index (χ1v) is 8.70. The van der Waals surface area contributed by atoms with Crippen LogP contribution in [0.1, 0.15) is 48.0 Å². The number of carbonyl (C=O) groups is 3. The van der Waals surface area contributed by atoms with Gasteiger partial charge in [-0.1, -0.05) is 26.3 Å². The van der Waals surface area contributed by atoms with Gasteiger partial charge in [-0.15, -0.1) is 0 Å². The molecule has 0 aliphatic rings. The van der Waals surface area contributed by atoms with Gasteiger partial charge in [0.1, 0.15) is 11.6 Å². The molecule has 0 spiro atoms. The Balaban J connectivity index is 2.86. The van der Waals surface area contributed by atoms with Crippen LogP contribution >= 0.6 is 0 Å². The first kappa shape index (κ1) is 21.5. The molecule has 0 fully saturated rings. The molecule has 1 aromatic rings. The Morgan fingerprint density at radius 2 is 1.69 bits per heavy atom. The molecule has 26 heavy (non-hydrogen) atoms. The summed E-state index contributed by atoms with van der Waals surface area (Å²) >= 11 is 0. The summed E-state index contributed by atoms with van der Waals surface area (Å²) in [7, 11) is 0. The van der Waals surface area contributed by atoms with E-state index in [0.717, 1.165) is 0 Å². The lowest BCUT2D eigenvalue weighted by Gasteiger charge is -2.26. The van der Waals surface area contributed by atoms with Crippen molar-refractivity contribution in [3.63, 3.8) is 0 Å². The molecule has 7 nitrogen and oxygen atoms in total. The molecular weight excluding hydrogens is 334 g/mol. The first-order valence-electron chi connectivity index (χ1n) is 8.70. The fraction of sp³-hybridized carbons (Fsp3) is 0.526. The smallest absolute Gasteiger partial charge is 0.408 e. The zero-order valence-corrected chi connectivity index (χ0v) is 16.3. The van der Waals surface area contributed by atoms with Crippen LogP contribution in [-0.4, -0.2) is 29.6 Å². The SMILES string of the molecule is CCC(C)C(NC(=O)OC(C)(C)C)C(=O)Nc1cccc(NC(C)=O)c1. The molecule has 0 heterocycles. The molecule has 7 heteroatoms. The van der Waals surface area contributed by atoms with Crippen LogP contribution < -0.4 is 16.0 Å². The zero-order chi connectivity index (χ0) is 19.9. The summed E-state index contributed by atoms with van der Waals surface area (Å²) in [6, 6.07) is 6.08. The van der Waals surface area contributed by atoms with E-state index in [1.54, 1.807) is 45.0 Å². The Morgan fingerprint density at radius 1 is 1.12 bits per heavy atom. The van der Waals surface area contributed by atoms with Crippen molar-refractivity contribution >= 4 is 29.3 Å². The molecule has 0 aromatic heterocycles. The highest BCUT2D eigenvalue weighted by Gasteiger charge is 2.28. The second-order valence-corrected chi connectivity index (χ2v) is 7.26. The summed E-state index contributed by atoms with van der Waals surface area (Å²) in [5, 5.41) is 8.09. The number of carbonyl (C=O) groups excluding carboxylic acids is 3. The average molecular weight is 363 g/mol. The van der Waals surface area contributed by atoms with Gasteiger partial charge in [0, 0.05) is 18.3 Å². The van der Waals surface area contributed by atoms with Gasteiger partial charge in [0.2, 0.25) is 11.8 Å². The minimum absolute atomic E-state index is 0.0824. The van der Waals surface area contributed by atoms with Crippen molar-refractivity contribution in [2.45, 2.75) is 59.6 Å². The molecule has 2 unspecified atom stereocenters. The van der Waals surface area contributed by atoms with Gasteiger partial charge in [-0.25, -0.2) is 4.79 Å². The van der Waals surface area contributed by atoms with Gasteiger partial charge in [-0.05, 0) is 44.9 Å². The van der Waals surface area contributed by atoms with Crippen molar-refractivity contribution in [2.75, 3.05) is 10.6 Å². The van der Waals surface area contributed by atoms with E-state index in [4.69, 9.17) is 4.74 Å². The third-order valence-electron chi connectivity index (χ3n) is 3.62. The first-order chi connectivity index (χ1) is 12.0. The zero-order valence-electron chi connectivity index (χ0n) is 16.3. The molecule has 1 rings (SSSR count). The van der Waals surface area contributed by atoms with E-state index in [1.165, 1.54) is 6.92 Å². The molecule has 3 N–H and O–H groups in total. The quantitative estimate of drug-likeness (QED) is 0.720. The van der Waals surface area contributed by atoms with Crippen LogP contribution in [0.25, 0.3) is 0 Å². The van der Waals surface area contributed by atoms with Crippen molar-refractivity contribution in [1.29, 1.82) is 0 Å². The average Bonchev–Trinajstić information content (AvgIpc) is 2.49. The minimum Gasteiger partial charge on any atom is -0.444 e. The van der Waals surface area contributed by atoms with Gasteiger partial charge in [-0.2, -0.15) is 0 Å². The Morgan fingerprint density at radius 3 is 2.19 bits per heavy atom. The Kier molecular flexibility index (Phi) is 7.61. The van der Waals surface area contributed by atoms with Gasteiger partial charge in [0.15, 0.2) is 0 Å². The lowest BCUT2D eigenvalue weighted by Crippen LogP contribution is -2.49. The van der Waals surface area contributed by atoms with Crippen LogP contribution in [0.5, 0.6) is 0 Å². The summed E-state index contributed by atoms with van der Waals surface area (Å²) in [6.45, 7) is 10.5. The molecule has 144 valence electrons. The number of rotatable bonds is 6. The van der Waals surface area contributed by atoms with E-state index in [9.17, 15) is 14.4 Å². The second kappa shape index (κ2) is 9.22. The van der Waals surface area contributed by atoms with E-state index >= 15 is 0 Å². The maximum atomic E-state index is 12.7. The lowest BCUT2D eigenvalue weighted by molar-refractivity contribution is -0.119. The monoisotopic (exact) mass is 363 g/mol. The number of alkyl carbamates (subject to hydrolysis) is 1. The summed E-state index contributed by atoms with van der Waals surface area (Å²) in [6.07, 6.45) is 0.0738.